The number of alkyl carbamates (subject to hydrolysis) is 1. The molecule has 23 heavy (non-hydrogen) atoms. The van der Waals surface area contributed by atoms with Crippen molar-refractivity contribution >= 4 is 17.8 Å². The summed E-state index contributed by atoms with van der Waals surface area (Å²) in [7, 11) is 0. The zero-order chi connectivity index (χ0) is 17.5. The smallest absolute Gasteiger partial charge is 0.408 e. The van der Waals surface area contributed by atoms with Crippen LogP contribution in [0.4, 0.5) is 4.79 Å². The number of carbonyl (C=O) groups is 3. The van der Waals surface area contributed by atoms with Crippen LogP contribution in [-0.4, -0.2) is 29.5 Å². The van der Waals surface area contributed by atoms with Crippen molar-refractivity contribution in [2.45, 2.75) is 52.4 Å². The summed E-state index contributed by atoms with van der Waals surface area (Å²) in [4.78, 5) is 35.2. The summed E-state index contributed by atoms with van der Waals surface area (Å²) < 4.78 is 10.3. The zero-order valence-electron chi connectivity index (χ0n) is 13.9. The molecule has 0 saturated carbocycles. The molecule has 0 radical (unpaired) electrons. The van der Waals surface area contributed by atoms with E-state index in [0.717, 1.165) is 5.56 Å². The summed E-state index contributed by atoms with van der Waals surface area (Å²) in [6, 6.07) is 8.08. The molecule has 1 aromatic rings. The molecular weight excluding hydrogens is 298 g/mol. The SMILES string of the molecule is CC(=O)CC(NC(=O)OC(C)(C)C)C(=O)OCc1ccccc1. The van der Waals surface area contributed by atoms with E-state index in [1.165, 1.54) is 6.92 Å². The van der Waals surface area contributed by atoms with Crippen LogP contribution in [0.25, 0.3) is 0 Å². The minimum absolute atomic E-state index is 0.0735. The van der Waals surface area contributed by atoms with Crippen molar-refractivity contribution in [2.75, 3.05) is 0 Å². The zero-order valence-corrected chi connectivity index (χ0v) is 13.9. The maximum absolute atomic E-state index is 12.1. The first kappa shape index (κ1) is 18.7. The normalized spacial score (nSPS) is 12.2. The number of carbonyl (C=O) groups excluding carboxylic acids is 3. The molecule has 0 aliphatic rings. The highest BCUT2D eigenvalue weighted by atomic mass is 16.6. The first-order valence-electron chi connectivity index (χ1n) is 7.37. The third kappa shape index (κ3) is 7.99. The predicted molar refractivity (Wildman–Crippen MR) is 84.7 cm³/mol. The molecule has 126 valence electrons. The fourth-order valence-corrected chi connectivity index (χ4v) is 1.76. The lowest BCUT2D eigenvalue weighted by Crippen LogP contribution is -2.45. The van der Waals surface area contributed by atoms with Crippen LogP contribution in [0, 0.1) is 0 Å². The number of hydrogen-bond acceptors (Lipinski definition) is 5. The number of ether oxygens (including phenoxy) is 2. The van der Waals surface area contributed by atoms with Gasteiger partial charge in [-0.1, -0.05) is 30.3 Å². The van der Waals surface area contributed by atoms with Crippen molar-refractivity contribution in [1.29, 1.82) is 0 Å². The molecular formula is C17H23NO5. The first-order valence-corrected chi connectivity index (χ1v) is 7.37. The fraction of sp³-hybridized carbons (Fsp3) is 0.471. The Morgan fingerprint density at radius 3 is 2.26 bits per heavy atom. The number of esters is 1. The third-order valence-corrected chi connectivity index (χ3v) is 2.69. The maximum atomic E-state index is 12.1. The molecule has 1 atom stereocenters. The molecule has 0 saturated heterocycles. The van der Waals surface area contributed by atoms with Gasteiger partial charge in [0.1, 0.15) is 24.0 Å². The summed E-state index contributed by atoms with van der Waals surface area (Å²) in [5.74, 6) is -0.905. The minimum Gasteiger partial charge on any atom is -0.459 e. The van der Waals surface area contributed by atoms with E-state index in [2.05, 4.69) is 5.32 Å². The average molecular weight is 321 g/mol. The molecule has 1 unspecified atom stereocenters. The summed E-state index contributed by atoms with van der Waals surface area (Å²) in [6.45, 7) is 6.54. The van der Waals surface area contributed by atoms with Gasteiger partial charge in [0.05, 0.1) is 0 Å². The molecule has 0 spiro atoms. The van der Waals surface area contributed by atoms with Gasteiger partial charge in [0.25, 0.3) is 0 Å². The van der Waals surface area contributed by atoms with Gasteiger partial charge in [0.2, 0.25) is 0 Å². The second-order valence-electron chi connectivity index (χ2n) is 6.20. The average Bonchev–Trinajstić information content (AvgIpc) is 2.42. The molecule has 1 aromatic carbocycles. The third-order valence-electron chi connectivity index (χ3n) is 2.69. The van der Waals surface area contributed by atoms with E-state index in [4.69, 9.17) is 9.47 Å². The fourth-order valence-electron chi connectivity index (χ4n) is 1.76. The number of hydrogen-bond donors (Lipinski definition) is 1. The van der Waals surface area contributed by atoms with Crippen molar-refractivity contribution in [3.8, 4) is 0 Å². The number of Topliss-reactive ketones (excluding diaryl/α,β-unsaturated/α-hetero) is 1. The number of benzene rings is 1. The largest absolute Gasteiger partial charge is 0.459 e. The lowest BCUT2D eigenvalue weighted by atomic mass is 10.1. The van der Waals surface area contributed by atoms with Gasteiger partial charge in [-0.3, -0.25) is 4.79 Å². The quantitative estimate of drug-likeness (QED) is 0.814. The maximum Gasteiger partial charge on any atom is 0.408 e. The highest BCUT2D eigenvalue weighted by Gasteiger charge is 2.26. The molecule has 1 rings (SSSR count). The summed E-state index contributed by atoms with van der Waals surface area (Å²) in [6.07, 6.45) is -0.909. The van der Waals surface area contributed by atoms with Gasteiger partial charge in [-0.15, -0.1) is 0 Å². The topological polar surface area (TPSA) is 81.7 Å². The Kier molecular flexibility index (Phi) is 6.75. The lowest BCUT2D eigenvalue weighted by Gasteiger charge is -2.22. The van der Waals surface area contributed by atoms with Crippen molar-refractivity contribution < 1.29 is 23.9 Å². The van der Waals surface area contributed by atoms with E-state index in [1.54, 1.807) is 20.8 Å². The van der Waals surface area contributed by atoms with Gasteiger partial charge in [0.15, 0.2) is 0 Å². The summed E-state index contributed by atoms with van der Waals surface area (Å²) in [5, 5.41) is 2.38. The Morgan fingerprint density at radius 1 is 1.13 bits per heavy atom. The van der Waals surface area contributed by atoms with E-state index in [0.29, 0.717) is 0 Å². The first-order chi connectivity index (χ1) is 10.7. The lowest BCUT2D eigenvalue weighted by molar-refractivity contribution is -0.148. The van der Waals surface area contributed by atoms with Gasteiger partial charge in [-0.2, -0.15) is 0 Å². The number of rotatable bonds is 6. The second kappa shape index (κ2) is 8.31. The van der Waals surface area contributed by atoms with Gasteiger partial charge in [-0.25, -0.2) is 9.59 Å². The minimum atomic E-state index is -1.06. The van der Waals surface area contributed by atoms with Crippen LogP contribution in [0.3, 0.4) is 0 Å². The van der Waals surface area contributed by atoms with Crippen LogP contribution in [0.5, 0.6) is 0 Å². The van der Waals surface area contributed by atoms with E-state index < -0.39 is 23.7 Å². The van der Waals surface area contributed by atoms with E-state index in [9.17, 15) is 14.4 Å². The highest BCUT2D eigenvalue weighted by molar-refractivity contribution is 5.87. The molecule has 0 fully saturated rings. The Morgan fingerprint density at radius 2 is 1.74 bits per heavy atom. The molecule has 0 aliphatic carbocycles. The molecule has 1 amide bonds. The van der Waals surface area contributed by atoms with Gasteiger partial charge >= 0.3 is 12.1 Å². The van der Waals surface area contributed by atoms with Crippen LogP contribution in [-0.2, 0) is 25.7 Å². The van der Waals surface area contributed by atoms with E-state index >= 15 is 0 Å². The van der Waals surface area contributed by atoms with Crippen molar-refractivity contribution in [1.82, 2.24) is 5.32 Å². The molecule has 0 aromatic heterocycles. The Balaban J connectivity index is 2.63. The van der Waals surface area contributed by atoms with Crippen LogP contribution >= 0.6 is 0 Å². The highest BCUT2D eigenvalue weighted by Crippen LogP contribution is 2.08. The van der Waals surface area contributed by atoms with E-state index in [1.807, 2.05) is 30.3 Å². The molecule has 1 N–H and O–H groups in total. The van der Waals surface area contributed by atoms with Crippen LogP contribution in [0.2, 0.25) is 0 Å². The van der Waals surface area contributed by atoms with Crippen LogP contribution in [0.15, 0.2) is 30.3 Å². The second-order valence-corrected chi connectivity index (χ2v) is 6.20. The van der Waals surface area contributed by atoms with E-state index in [-0.39, 0.29) is 18.8 Å². The van der Waals surface area contributed by atoms with Gasteiger partial charge < -0.3 is 14.8 Å². The van der Waals surface area contributed by atoms with Gasteiger partial charge in [-0.05, 0) is 33.3 Å². The molecule has 0 heterocycles. The van der Waals surface area contributed by atoms with Gasteiger partial charge in [0, 0.05) is 6.42 Å². The molecule has 6 nitrogen and oxygen atoms in total. The van der Waals surface area contributed by atoms with Crippen LogP contribution < -0.4 is 5.32 Å². The van der Waals surface area contributed by atoms with Crippen molar-refractivity contribution in [3.05, 3.63) is 35.9 Å². The summed E-state index contributed by atoms with van der Waals surface area (Å²) in [5.41, 5.74) is 0.124. The predicted octanol–water partition coefficient (Wildman–Crippen LogP) is 2.60. The van der Waals surface area contributed by atoms with Crippen LogP contribution in [0.1, 0.15) is 39.7 Å². The van der Waals surface area contributed by atoms with Crippen molar-refractivity contribution in [2.24, 2.45) is 0 Å². The summed E-state index contributed by atoms with van der Waals surface area (Å²) >= 11 is 0. The Hall–Kier alpha value is -2.37. The molecule has 0 aliphatic heterocycles. The Labute approximate surface area is 136 Å². The molecule has 6 heteroatoms. The standard InChI is InChI=1S/C17H23NO5/c1-12(19)10-14(18-16(21)23-17(2,3)4)15(20)22-11-13-8-6-5-7-9-13/h5-9,14H,10-11H2,1-4H3,(H,18,21). The number of ketones is 1. The number of amides is 1. The molecule has 0 bridgehead atoms. The monoisotopic (exact) mass is 321 g/mol. The number of nitrogens with one attached hydrogen (secondary N) is 1. The Bertz CT molecular complexity index is 548. The van der Waals surface area contributed by atoms with Crippen molar-refractivity contribution in [3.63, 3.8) is 0 Å².